The van der Waals surface area contributed by atoms with Crippen LogP contribution in [0.3, 0.4) is 0 Å². The Hall–Kier alpha value is -3.22. The minimum Gasteiger partial charge on any atom is -0.350 e. The number of benzene rings is 2. The molecule has 2 heterocycles. The van der Waals surface area contributed by atoms with Gasteiger partial charge in [-0.2, -0.15) is 0 Å². The molecule has 150 valence electrons. The van der Waals surface area contributed by atoms with Crippen molar-refractivity contribution in [1.29, 1.82) is 0 Å². The molecule has 30 heavy (non-hydrogen) atoms. The normalized spacial score (nSPS) is 10.7. The fraction of sp³-hybridized carbons (Fsp3) is 0.0909. The van der Waals surface area contributed by atoms with Crippen LogP contribution in [0.5, 0.6) is 0 Å². The molecule has 1 amide bonds. The summed E-state index contributed by atoms with van der Waals surface area (Å²) in [6.07, 6.45) is 4.03. The van der Waals surface area contributed by atoms with E-state index in [2.05, 4.69) is 20.6 Å². The molecule has 0 bridgehead atoms. The molecule has 0 aliphatic rings. The second-order valence-corrected chi connectivity index (χ2v) is 7.42. The predicted octanol–water partition coefficient (Wildman–Crippen LogP) is 4.61. The topological polar surface area (TPSA) is 72.7 Å². The van der Waals surface area contributed by atoms with Gasteiger partial charge in [-0.15, -0.1) is 5.10 Å². The van der Waals surface area contributed by atoms with Gasteiger partial charge in [0.15, 0.2) is 5.69 Å². The standard InChI is InChI=1S/C22H17Cl2N5O/c23-17-5-3-15(4-6-17)11-13-26-22(30)20-21(16-2-1-12-25-14-16)29(28-27-20)19-9-7-18(24)8-10-19/h1-10,12,14H,11,13H2,(H,26,30). The van der Waals surface area contributed by atoms with E-state index in [0.29, 0.717) is 28.7 Å². The summed E-state index contributed by atoms with van der Waals surface area (Å²) >= 11 is 11.9. The molecule has 2 aromatic heterocycles. The Labute approximate surface area is 183 Å². The van der Waals surface area contributed by atoms with Gasteiger partial charge in [-0.25, -0.2) is 4.68 Å². The molecule has 8 heteroatoms. The Morgan fingerprint density at radius 1 is 0.967 bits per heavy atom. The monoisotopic (exact) mass is 437 g/mol. The molecule has 2 aromatic carbocycles. The number of nitrogens with one attached hydrogen (secondary N) is 1. The molecule has 0 unspecified atom stereocenters. The van der Waals surface area contributed by atoms with E-state index < -0.39 is 0 Å². The molecule has 4 aromatic rings. The lowest BCUT2D eigenvalue weighted by atomic mass is 10.1. The summed E-state index contributed by atoms with van der Waals surface area (Å²) < 4.78 is 1.61. The second-order valence-electron chi connectivity index (χ2n) is 6.55. The number of pyridine rings is 1. The first kappa shape index (κ1) is 20.1. The highest BCUT2D eigenvalue weighted by atomic mass is 35.5. The Balaban J connectivity index is 1.60. The molecule has 0 aliphatic heterocycles. The van der Waals surface area contributed by atoms with Gasteiger partial charge >= 0.3 is 0 Å². The Kier molecular flexibility index (Phi) is 6.07. The van der Waals surface area contributed by atoms with E-state index in [4.69, 9.17) is 23.2 Å². The van der Waals surface area contributed by atoms with Crippen LogP contribution in [0.1, 0.15) is 16.1 Å². The van der Waals surface area contributed by atoms with Crippen LogP contribution < -0.4 is 5.32 Å². The number of carbonyl (C=O) groups excluding carboxylic acids is 1. The van der Waals surface area contributed by atoms with Crippen LogP contribution in [0, 0.1) is 0 Å². The highest BCUT2D eigenvalue weighted by Crippen LogP contribution is 2.25. The van der Waals surface area contributed by atoms with Crippen molar-refractivity contribution < 1.29 is 4.79 Å². The smallest absolute Gasteiger partial charge is 0.274 e. The molecule has 6 nitrogen and oxygen atoms in total. The number of amides is 1. The van der Waals surface area contributed by atoms with Gasteiger partial charge < -0.3 is 5.32 Å². The third-order valence-corrected chi connectivity index (χ3v) is 5.01. The fourth-order valence-corrected chi connectivity index (χ4v) is 3.27. The maximum atomic E-state index is 12.9. The van der Waals surface area contributed by atoms with Crippen LogP contribution in [0.15, 0.2) is 73.1 Å². The summed E-state index contributed by atoms with van der Waals surface area (Å²) in [7, 11) is 0. The Morgan fingerprint density at radius 2 is 1.67 bits per heavy atom. The highest BCUT2D eigenvalue weighted by molar-refractivity contribution is 6.30. The zero-order valence-electron chi connectivity index (χ0n) is 15.8. The maximum Gasteiger partial charge on any atom is 0.274 e. The zero-order valence-corrected chi connectivity index (χ0v) is 17.3. The van der Waals surface area contributed by atoms with Crippen molar-refractivity contribution in [2.24, 2.45) is 0 Å². The van der Waals surface area contributed by atoms with Crippen molar-refractivity contribution in [1.82, 2.24) is 25.3 Å². The summed E-state index contributed by atoms with van der Waals surface area (Å²) in [4.78, 5) is 17.1. The molecule has 0 radical (unpaired) electrons. The minimum atomic E-state index is -0.303. The predicted molar refractivity (Wildman–Crippen MR) is 117 cm³/mol. The molecule has 0 aliphatic carbocycles. The molecular weight excluding hydrogens is 421 g/mol. The first-order chi connectivity index (χ1) is 14.6. The van der Waals surface area contributed by atoms with E-state index in [-0.39, 0.29) is 11.6 Å². The van der Waals surface area contributed by atoms with E-state index in [0.717, 1.165) is 16.8 Å². The molecule has 0 saturated heterocycles. The van der Waals surface area contributed by atoms with Gasteiger partial charge in [0, 0.05) is 34.5 Å². The van der Waals surface area contributed by atoms with Crippen molar-refractivity contribution in [3.63, 3.8) is 0 Å². The number of hydrogen-bond acceptors (Lipinski definition) is 4. The first-order valence-corrected chi connectivity index (χ1v) is 10.0. The highest BCUT2D eigenvalue weighted by Gasteiger charge is 2.22. The summed E-state index contributed by atoms with van der Waals surface area (Å²) in [6.45, 7) is 0.459. The van der Waals surface area contributed by atoms with E-state index in [1.165, 1.54) is 0 Å². The summed E-state index contributed by atoms with van der Waals surface area (Å²) in [5, 5.41) is 12.6. The molecule has 0 saturated carbocycles. The van der Waals surface area contributed by atoms with E-state index in [1.54, 1.807) is 35.3 Å². The summed E-state index contributed by atoms with van der Waals surface area (Å²) in [6, 6.07) is 18.4. The number of hydrogen-bond donors (Lipinski definition) is 1. The van der Waals surface area contributed by atoms with Crippen molar-refractivity contribution in [3.05, 3.63) is 94.4 Å². The van der Waals surface area contributed by atoms with Gasteiger partial charge in [-0.05, 0) is 60.5 Å². The number of nitrogens with zero attached hydrogens (tertiary/aromatic N) is 4. The van der Waals surface area contributed by atoms with Gasteiger partial charge in [0.05, 0.1) is 5.69 Å². The molecule has 4 rings (SSSR count). The van der Waals surface area contributed by atoms with Crippen LogP contribution in [0.25, 0.3) is 16.9 Å². The van der Waals surface area contributed by atoms with Gasteiger partial charge in [0.25, 0.3) is 5.91 Å². The zero-order chi connectivity index (χ0) is 20.9. The average Bonchev–Trinajstić information content (AvgIpc) is 3.21. The van der Waals surface area contributed by atoms with Crippen LogP contribution in [0.4, 0.5) is 0 Å². The quantitative estimate of drug-likeness (QED) is 0.477. The lowest BCUT2D eigenvalue weighted by Gasteiger charge is -2.09. The maximum absolute atomic E-state index is 12.9. The average molecular weight is 438 g/mol. The van der Waals surface area contributed by atoms with Gasteiger partial charge in [0.2, 0.25) is 0 Å². The fourth-order valence-electron chi connectivity index (χ4n) is 3.01. The molecule has 0 atom stereocenters. The van der Waals surface area contributed by atoms with Gasteiger partial charge in [-0.3, -0.25) is 9.78 Å². The molecule has 1 N–H and O–H groups in total. The van der Waals surface area contributed by atoms with Crippen LogP contribution in [0.2, 0.25) is 10.0 Å². The lowest BCUT2D eigenvalue weighted by Crippen LogP contribution is -2.26. The van der Waals surface area contributed by atoms with E-state index >= 15 is 0 Å². The summed E-state index contributed by atoms with van der Waals surface area (Å²) in [5.74, 6) is -0.303. The van der Waals surface area contributed by atoms with Gasteiger partial charge in [0.1, 0.15) is 5.69 Å². The Morgan fingerprint density at radius 3 is 2.33 bits per heavy atom. The Bertz CT molecular complexity index is 1140. The molecule has 0 fully saturated rings. The number of rotatable bonds is 6. The van der Waals surface area contributed by atoms with E-state index in [1.807, 2.05) is 42.5 Å². The number of aromatic nitrogens is 4. The minimum absolute atomic E-state index is 0.231. The van der Waals surface area contributed by atoms with Crippen molar-refractivity contribution in [3.8, 4) is 16.9 Å². The van der Waals surface area contributed by atoms with Crippen molar-refractivity contribution in [2.45, 2.75) is 6.42 Å². The second kappa shape index (κ2) is 9.07. The lowest BCUT2D eigenvalue weighted by molar-refractivity contribution is 0.0949. The van der Waals surface area contributed by atoms with E-state index in [9.17, 15) is 4.79 Å². The number of halogens is 2. The SMILES string of the molecule is O=C(NCCc1ccc(Cl)cc1)c1nnn(-c2ccc(Cl)cc2)c1-c1cccnc1. The molecule has 0 spiro atoms. The summed E-state index contributed by atoms with van der Waals surface area (Å²) in [5.41, 5.74) is 3.35. The first-order valence-electron chi connectivity index (χ1n) is 9.26. The largest absolute Gasteiger partial charge is 0.350 e. The van der Waals surface area contributed by atoms with Gasteiger partial charge in [-0.1, -0.05) is 40.5 Å². The third kappa shape index (κ3) is 4.50. The molecular formula is C22H17Cl2N5O. The van der Waals surface area contributed by atoms with Crippen LogP contribution >= 0.6 is 23.2 Å². The van der Waals surface area contributed by atoms with Crippen LogP contribution in [-0.2, 0) is 6.42 Å². The third-order valence-electron chi connectivity index (χ3n) is 4.50. The number of carbonyl (C=O) groups is 1. The van der Waals surface area contributed by atoms with Crippen molar-refractivity contribution >= 4 is 29.1 Å². The van der Waals surface area contributed by atoms with Crippen molar-refractivity contribution in [2.75, 3.05) is 6.54 Å². The van der Waals surface area contributed by atoms with Crippen LogP contribution in [-0.4, -0.2) is 32.4 Å².